The molecule has 1 N–H and O–H groups in total. The minimum Gasteiger partial charge on any atom is -0.395 e. The summed E-state index contributed by atoms with van der Waals surface area (Å²) in [7, 11) is 0. The molecule has 0 unspecified atom stereocenters. The Balaban J connectivity index is 2.44. The van der Waals surface area contributed by atoms with Crippen molar-refractivity contribution in [3.63, 3.8) is 0 Å². The second-order valence-electron chi connectivity index (χ2n) is 3.98. The van der Waals surface area contributed by atoms with Crippen molar-refractivity contribution >= 4 is 11.5 Å². The Labute approximate surface area is 103 Å². The molecular formula is C11H14F2N4O. The number of rotatable bonds is 5. The molecule has 0 spiro atoms. The lowest BCUT2D eigenvalue weighted by atomic mass is 10.2. The molecule has 0 atom stereocenters. The van der Waals surface area contributed by atoms with Gasteiger partial charge in [-0.2, -0.15) is 9.61 Å². The maximum Gasteiger partial charge on any atom is 0.255 e. The van der Waals surface area contributed by atoms with E-state index < -0.39 is 13.0 Å². The van der Waals surface area contributed by atoms with Crippen molar-refractivity contribution in [2.24, 2.45) is 0 Å². The van der Waals surface area contributed by atoms with Crippen LogP contribution in [0.25, 0.3) is 5.65 Å². The van der Waals surface area contributed by atoms with Crippen LogP contribution in [-0.2, 0) is 0 Å². The van der Waals surface area contributed by atoms with Crippen molar-refractivity contribution < 1.29 is 13.9 Å². The Morgan fingerprint density at radius 3 is 2.89 bits per heavy atom. The van der Waals surface area contributed by atoms with Crippen LogP contribution in [0.4, 0.5) is 14.6 Å². The van der Waals surface area contributed by atoms with Crippen LogP contribution < -0.4 is 4.90 Å². The molecule has 2 aromatic heterocycles. The molecule has 2 aromatic rings. The second kappa shape index (κ2) is 5.26. The van der Waals surface area contributed by atoms with E-state index in [1.807, 2.05) is 13.0 Å². The number of aromatic nitrogens is 3. The summed E-state index contributed by atoms with van der Waals surface area (Å²) < 4.78 is 26.6. The van der Waals surface area contributed by atoms with E-state index in [0.29, 0.717) is 11.5 Å². The van der Waals surface area contributed by atoms with Crippen LogP contribution in [0, 0.1) is 6.92 Å². The maximum atomic E-state index is 12.6. The normalized spacial score (nSPS) is 11.4. The molecule has 0 saturated heterocycles. The van der Waals surface area contributed by atoms with Crippen molar-refractivity contribution in [3.05, 3.63) is 24.0 Å². The van der Waals surface area contributed by atoms with E-state index >= 15 is 0 Å². The lowest BCUT2D eigenvalue weighted by Gasteiger charge is -2.24. The number of anilines is 1. The number of pyridine rings is 1. The number of aliphatic hydroxyl groups is 1. The van der Waals surface area contributed by atoms with Crippen molar-refractivity contribution in [1.29, 1.82) is 0 Å². The molecule has 7 heteroatoms. The van der Waals surface area contributed by atoms with Gasteiger partial charge in [0.15, 0.2) is 5.65 Å². The molecule has 0 fully saturated rings. The Morgan fingerprint density at radius 2 is 2.22 bits per heavy atom. The largest absolute Gasteiger partial charge is 0.395 e. The van der Waals surface area contributed by atoms with Gasteiger partial charge in [0, 0.05) is 6.54 Å². The van der Waals surface area contributed by atoms with Crippen LogP contribution in [-0.4, -0.2) is 45.8 Å². The van der Waals surface area contributed by atoms with Gasteiger partial charge in [-0.05, 0) is 24.6 Å². The lowest BCUT2D eigenvalue weighted by molar-refractivity contribution is 0.152. The number of hydrogen-bond acceptors (Lipinski definition) is 4. The van der Waals surface area contributed by atoms with Crippen molar-refractivity contribution in [3.8, 4) is 0 Å². The van der Waals surface area contributed by atoms with Crippen LogP contribution in [0.3, 0.4) is 0 Å². The van der Waals surface area contributed by atoms with Gasteiger partial charge in [-0.1, -0.05) is 0 Å². The molecular weight excluding hydrogens is 242 g/mol. The Hall–Kier alpha value is -1.76. The van der Waals surface area contributed by atoms with Crippen LogP contribution in [0.5, 0.6) is 0 Å². The third-order valence-corrected chi connectivity index (χ3v) is 2.56. The van der Waals surface area contributed by atoms with Gasteiger partial charge >= 0.3 is 0 Å². The van der Waals surface area contributed by atoms with Gasteiger partial charge in [0.05, 0.1) is 13.2 Å². The van der Waals surface area contributed by atoms with E-state index in [-0.39, 0.29) is 13.2 Å². The third-order valence-electron chi connectivity index (χ3n) is 2.56. The first-order valence-electron chi connectivity index (χ1n) is 5.56. The van der Waals surface area contributed by atoms with Crippen LogP contribution >= 0.6 is 0 Å². The maximum absolute atomic E-state index is 12.6. The second-order valence-corrected chi connectivity index (χ2v) is 3.98. The highest BCUT2D eigenvalue weighted by atomic mass is 19.3. The number of aryl methyl sites for hydroxylation is 1. The van der Waals surface area contributed by atoms with Crippen LogP contribution in [0.2, 0.25) is 0 Å². The zero-order valence-electron chi connectivity index (χ0n) is 9.92. The molecule has 0 bridgehead atoms. The Bertz CT molecular complexity index is 529. The predicted octanol–water partition coefficient (Wildman–Crippen LogP) is 1.10. The average molecular weight is 256 g/mol. The number of aliphatic hydroxyl groups excluding tert-OH is 1. The number of alkyl halides is 2. The quantitative estimate of drug-likeness (QED) is 0.870. The van der Waals surface area contributed by atoms with Gasteiger partial charge in [-0.25, -0.2) is 13.8 Å². The highest BCUT2D eigenvalue weighted by Crippen LogP contribution is 2.18. The molecule has 0 radical (unpaired) electrons. The van der Waals surface area contributed by atoms with E-state index in [1.165, 1.54) is 15.7 Å². The summed E-state index contributed by atoms with van der Waals surface area (Å²) >= 11 is 0. The number of halogens is 2. The zero-order valence-corrected chi connectivity index (χ0v) is 9.92. The summed E-state index contributed by atoms with van der Waals surface area (Å²) in [6.45, 7) is 1.34. The Kier molecular flexibility index (Phi) is 3.71. The smallest absolute Gasteiger partial charge is 0.255 e. The number of fused-ring (bicyclic) bond motifs is 1. The molecule has 0 amide bonds. The van der Waals surface area contributed by atoms with Crippen LogP contribution in [0.1, 0.15) is 5.56 Å². The fourth-order valence-electron chi connectivity index (χ4n) is 1.85. The highest BCUT2D eigenvalue weighted by molar-refractivity contribution is 5.52. The molecule has 0 aliphatic rings. The molecule has 0 aliphatic heterocycles. The van der Waals surface area contributed by atoms with Gasteiger partial charge < -0.3 is 10.0 Å². The first-order chi connectivity index (χ1) is 8.61. The SMILES string of the molecule is Cc1cc(N(CCO)CC(F)F)n2ncnc2c1. The lowest BCUT2D eigenvalue weighted by Crippen LogP contribution is -2.33. The third kappa shape index (κ3) is 2.56. The zero-order chi connectivity index (χ0) is 13.1. The molecule has 2 heterocycles. The summed E-state index contributed by atoms with van der Waals surface area (Å²) in [6, 6.07) is 3.57. The molecule has 0 aliphatic carbocycles. The summed E-state index contributed by atoms with van der Waals surface area (Å²) in [4.78, 5) is 5.44. The van der Waals surface area contributed by atoms with E-state index in [2.05, 4.69) is 10.1 Å². The van der Waals surface area contributed by atoms with Gasteiger partial charge in [0.1, 0.15) is 12.1 Å². The number of hydrogen-bond donors (Lipinski definition) is 1. The van der Waals surface area contributed by atoms with Crippen molar-refractivity contribution in [2.75, 3.05) is 24.6 Å². The van der Waals surface area contributed by atoms with E-state index in [0.717, 1.165) is 5.56 Å². The van der Waals surface area contributed by atoms with Crippen molar-refractivity contribution in [2.45, 2.75) is 13.3 Å². The van der Waals surface area contributed by atoms with Gasteiger partial charge in [0.2, 0.25) is 0 Å². The van der Waals surface area contributed by atoms with Crippen molar-refractivity contribution in [1.82, 2.24) is 14.6 Å². The molecule has 18 heavy (non-hydrogen) atoms. The standard InChI is InChI=1S/C11H14F2N4O/c1-8-4-10-14-7-15-17(10)11(5-8)16(2-3-18)6-9(12)13/h4-5,7,9,18H,2-3,6H2,1H3. The molecule has 0 aromatic carbocycles. The predicted molar refractivity (Wildman–Crippen MR) is 63.0 cm³/mol. The Morgan fingerprint density at radius 1 is 1.44 bits per heavy atom. The fraction of sp³-hybridized carbons (Fsp3) is 0.455. The van der Waals surface area contributed by atoms with E-state index in [4.69, 9.17) is 5.11 Å². The van der Waals surface area contributed by atoms with E-state index in [1.54, 1.807) is 6.07 Å². The first kappa shape index (κ1) is 12.7. The summed E-state index contributed by atoms with van der Waals surface area (Å²) in [5, 5.41) is 13.0. The molecule has 5 nitrogen and oxygen atoms in total. The monoisotopic (exact) mass is 256 g/mol. The fourth-order valence-corrected chi connectivity index (χ4v) is 1.85. The first-order valence-corrected chi connectivity index (χ1v) is 5.56. The minimum atomic E-state index is -2.48. The molecule has 0 saturated carbocycles. The highest BCUT2D eigenvalue weighted by Gasteiger charge is 2.16. The van der Waals surface area contributed by atoms with Crippen LogP contribution in [0.15, 0.2) is 18.5 Å². The summed E-state index contributed by atoms with van der Waals surface area (Å²) in [6.07, 6.45) is -1.10. The van der Waals surface area contributed by atoms with E-state index in [9.17, 15) is 8.78 Å². The molecule has 2 rings (SSSR count). The number of nitrogens with zero attached hydrogens (tertiary/aromatic N) is 4. The van der Waals surface area contributed by atoms with Gasteiger partial charge in [-0.15, -0.1) is 0 Å². The topological polar surface area (TPSA) is 53.7 Å². The average Bonchev–Trinajstić information content (AvgIpc) is 2.74. The van der Waals surface area contributed by atoms with Gasteiger partial charge in [0.25, 0.3) is 6.43 Å². The minimum absolute atomic E-state index is 0.128. The molecule has 98 valence electrons. The van der Waals surface area contributed by atoms with Gasteiger partial charge in [-0.3, -0.25) is 0 Å². The summed E-state index contributed by atoms with van der Waals surface area (Å²) in [5.41, 5.74) is 1.50. The summed E-state index contributed by atoms with van der Waals surface area (Å²) in [5.74, 6) is 0.511.